The zero-order chi connectivity index (χ0) is 60.5. The van der Waals surface area contributed by atoms with Gasteiger partial charge in [0.1, 0.15) is 36.3 Å². The molecule has 1 aromatic heterocycles. The fourth-order valence-electron chi connectivity index (χ4n) is 10.1. The maximum Gasteiger partial charge on any atom is 0.308 e. The quantitative estimate of drug-likeness (QED) is 0.146. The Labute approximate surface area is 476 Å². The normalized spacial score (nSPS) is 43.8. The molecule has 1 amide bonds. The number of carbonyl (C=O) groups excluding carboxylic acids is 2. The molecule has 2 bridgehead atoms. The van der Waals surface area contributed by atoms with Gasteiger partial charge in [-0.05, 0) is 40.0 Å². The van der Waals surface area contributed by atoms with Crippen LogP contribution in [0.2, 0.25) is 0 Å². The van der Waals surface area contributed by atoms with Crippen LogP contribution in [0, 0.1) is 24.7 Å². The van der Waals surface area contributed by atoms with Crippen LogP contribution in [0.1, 0.15) is 84.8 Å². The molecular formula is C57H87N3O22. The second kappa shape index (κ2) is 32.2. The molecule has 1 aromatic rings. The number of cyclic esters (lactones) is 1. The molecule has 23 atom stereocenters. The predicted octanol–water partition coefficient (Wildman–Crippen LogP) is -1.01. The summed E-state index contributed by atoms with van der Waals surface area (Å²) < 4.78 is 34.4. The predicted molar refractivity (Wildman–Crippen MR) is 292 cm³/mol. The van der Waals surface area contributed by atoms with Crippen LogP contribution in [0.25, 0.3) is 0 Å². The highest BCUT2D eigenvalue weighted by molar-refractivity contribution is 5.92. The third kappa shape index (κ3) is 20.4. The molecular weight excluding hydrogens is 1080 g/mol. The molecule has 4 aliphatic heterocycles. The van der Waals surface area contributed by atoms with Crippen LogP contribution in [-0.4, -0.2) is 223 Å². The van der Waals surface area contributed by atoms with Crippen LogP contribution >= 0.6 is 0 Å². The van der Waals surface area contributed by atoms with Gasteiger partial charge in [-0.25, -0.2) is 0 Å². The van der Waals surface area contributed by atoms with Crippen LogP contribution < -0.4 is 10.6 Å². The van der Waals surface area contributed by atoms with E-state index in [1.807, 2.05) is 6.92 Å². The minimum atomic E-state index is -2.48. The molecule has 0 spiro atoms. The lowest BCUT2D eigenvalue weighted by molar-refractivity contribution is -0.323. The summed E-state index contributed by atoms with van der Waals surface area (Å²) in [5.74, 6) is -8.43. The van der Waals surface area contributed by atoms with E-state index in [9.17, 15) is 81.1 Å². The number of fused-ring (bicyclic) bond motifs is 2. The molecule has 4 unspecified atom stereocenters. The second-order valence-corrected chi connectivity index (χ2v) is 22.0. The average Bonchev–Trinajstić information content (AvgIpc) is 3.82. The minimum absolute atomic E-state index is 0.0132. The van der Waals surface area contributed by atoms with E-state index in [2.05, 4.69) is 15.8 Å². The molecule has 3 fully saturated rings. The number of aromatic nitrogens is 1. The zero-order valence-electron chi connectivity index (χ0n) is 46.8. The Morgan fingerprint density at radius 3 is 1.93 bits per heavy atom. The number of anilines is 1. The van der Waals surface area contributed by atoms with Gasteiger partial charge in [-0.1, -0.05) is 104 Å². The van der Waals surface area contributed by atoms with Gasteiger partial charge < -0.3 is 110 Å². The Bertz CT molecular complexity index is 2350. The van der Waals surface area contributed by atoms with Gasteiger partial charge in [0.2, 0.25) is 11.7 Å². The first-order valence-electron chi connectivity index (χ1n) is 27.8. The van der Waals surface area contributed by atoms with Crippen molar-refractivity contribution in [3.05, 3.63) is 96.9 Å². The van der Waals surface area contributed by atoms with Gasteiger partial charge in [-0.15, -0.1) is 0 Å². The van der Waals surface area contributed by atoms with E-state index >= 15 is 0 Å². The Kier molecular flexibility index (Phi) is 26.8. The lowest BCUT2D eigenvalue weighted by Crippen LogP contribution is -2.69. The molecule has 3 saturated heterocycles. The molecule has 25 nitrogen and oxygen atoms in total. The van der Waals surface area contributed by atoms with Crippen molar-refractivity contribution in [3.63, 3.8) is 0 Å². The van der Waals surface area contributed by atoms with Gasteiger partial charge in [-0.2, -0.15) is 0 Å². The number of aryl methyl sites for hydroxylation is 1. The molecule has 0 saturated carbocycles. The molecule has 82 heavy (non-hydrogen) atoms. The van der Waals surface area contributed by atoms with Crippen molar-refractivity contribution in [2.75, 3.05) is 18.5 Å². The first kappa shape index (κ1) is 68.4. The van der Waals surface area contributed by atoms with Crippen LogP contribution in [-0.2, 0) is 33.3 Å². The van der Waals surface area contributed by atoms with Crippen molar-refractivity contribution in [1.29, 1.82) is 0 Å². The van der Waals surface area contributed by atoms with Gasteiger partial charge in [0.15, 0.2) is 17.9 Å². The number of aliphatic hydroxyl groups excluding tert-OH is 12. The highest BCUT2D eigenvalue weighted by Crippen LogP contribution is 2.39. The van der Waals surface area contributed by atoms with E-state index in [4.69, 9.17) is 28.2 Å². The lowest BCUT2D eigenvalue weighted by atomic mass is 9.82. The first-order valence-corrected chi connectivity index (χ1v) is 27.8. The number of allylic oxidation sites excluding steroid dienone is 12. The van der Waals surface area contributed by atoms with Crippen LogP contribution in [0.15, 0.2) is 95.7 Å². The van der Waals surface area contributed by atoms with Crippen molar-refractivity contribution in [1.82, 2.24) is 10.5 Å². The molecule has 462 valence electrons. The van der Waals surface area contributed by atoms with E-state index in [-0.39, 0.29) is 31.0 Å². The monoisotopic (exact) mass is 1170 g/mol. The van der Waals surface area contributed by atoms with Gasteiger partial charge >= 0.3 is 5.97 Å². The molecule has 5 heterocycles. The fourth-order valence-corrected chi connectivity index (χ4v) is 10.1. The van der Waals surface area contributed by atoms with Crippen molar-refractivity contribution in [3.8, 4) is 0 Å². The van der Waals surface area contributed by atoms with Crippen LogP contribution in [0.3, 0.4) is 0 Å². The van der Waals surface area contributed by atoms with Crippen molar-refractivity contribution in [2.45, 2.75) is 208 Å². The van der Waals surface area contributed by atoms with Crippen molar-refractivity contribution in [2.24, 2.45) is 17.8 Å². The number of rotatable bonds is 7. The number of ether oxygens (including phenoxy) is 5. The molecule has 25 heteroatoms. The molecule has 16 N–H and O–H groups in total. The summed E-state index contributed by atoms with van der Waals surface area (Å²) in [6.07, 6.45) is -3.94. The summed E-state index contributed by atoms with van der Waals surface area (Å²) in [5, 5.41) is 163. The average molecular weight is 1170 g/mol. The molecule has 0 aromatic carbocycles. The summed E-state index contributed by atoms with van der Waals surface area (Å²) >= 11 is 0. The van der Waals surface area contributed by atoms with E-state index in [1.165, 1.54) is 19.1 Å². The maximum atomic E-state index is 14.1. The number of nitrogens with zero attached hydrogens (tertiary/aromatic N) is 1. The number of aliphatic hydroxyl groups is 14. The summed E-state index contributed by atoms with van der Waals surface area (Å²) in [6.45, 7) is 7.00. The topological polar surface area (TPSA) is 414 Å². The van der Waals surface area contributed by atoms with Gasteiger partial charge in [0.25, 0.3) is 0 Å². The lowest BCUT2D eigenvalue weighted by Gasteiger charge is -2.47. The van der Waals surface area contributed by atoms with Gasteiger partial charge in [-0.3, -0.25) is 9.59 Å². The second-order valence-electron chi connectivity index (χ2n) is 22.0. The SMILES string of the molecule is Cc1cc(NC(=O)C2C3C[C@@H](OC4O[C@H](C)[C@@H](O)[C@H](NC[C@@]5(O)OC[C@@H](O)[C@H](O)[C@@H]5O)[C@@H]4O)C=C/C=C/C=C/C=C/C=C/C=C/C=C/[C@H](C)[C@@H](O)C(C)[C@H](C)OC(=O)C[C@H](O)C[C@H](O)CC[C@@H](O)[C@H](O)C[C@H](O)C[C@](O)(C[C@@H]2O)O3)no1. The largest absolute Gasteiger partial charge is 0.462 e. The number of carbonyl (C=O) groups is 2. The minimum Gasteiger partial charge on any atom is -0.462 e. The Morgan fingerprint density at radius 1 is 0.683 bits per heavy atom. The molecule has 5 rings (SSSR count). The Morgan fingerprint density at radius 2 is 1.30 bits per heavy atom. The van der Waals surface area contributed by atoms with Crippen molar-refractivity contribution < 1.29 is 109 Å². The highest BCUT2D eigenvalue weighted by Gasteiger charge is 2.53. The van der Waals surface area contributed by atoms with E-state index in [0.717, 1.165) is 0 Å². The first-order chi connectivity index (χ1) is 38.7. The van der Waals surface area contributed by atoms with E-state index in [1.54, 1.807) is 99.8 Å². The summed E-state index contributed by atoms with van der Waals surface area (Å²) in [6, 6.07) is 0.0544. The smallest absolute Gasteiger partial charge is 0.308 e. The van der Waals surface area contributed by atoms with Gasteiger partial charge in [0.05, 0.1) is 98.7 Å². The van der Waals surface area contributed by atoms with E-state index in [0.29, 0.717) is 5.76 Å². The fraction of sp³-hybridized carbons (Fsp3) is 0.667. The summed E-state index contributed by atoms with van der Waals surface area (Å²) in [7, 11) is 0. The summed E-state index contributed by atoms with van der Waals surface area (Å²) in [4.78, 5) is 26.9. The molecule has 4 aliphatic rings. The number of nitrogens with one attached hydrogen (secondary N) is 2. The third-order valence-corrected chi connectivity index (χ3v) is 15.1. The number of hydrogen-bond donors (Lipinski definition) is 16. The standard InChI is InChI=1S/C57H87N3O22/c1-31-18-16-14-12-10-8-6-7-9-11-13-15-17-19-39(80-55-52(72)48(50(70)35(5)79-55)58-30-57(76)53(73)51(71)43(67)29-77-57)26-44-47(54(74)59-45-22-32(2)82-60-45)42(66)28-56(75,81-44)27-38(63)24-41(65)40(64)21-20-36(61)23-37(62)25-46(68)78-34(4)33(3)49(31)69/h6-19,22,31,33-44,47-53,55,58,61-67,69-73,75-76H,20-21,23-30H2,1-5H3,(H,59,60,74)/b7-6+,10-8+,11-9+,14-12+,15-13+,18-16+,19-17?/t31-,33?,34-,35+,36+,37+,38-,39-,40+,41+,42-,43+,44?,47?,48-,49+,50+,51-,52-,53-,55?,56+,57+/m0/s1. The maximum absolute atomic E-state index is 14.1. The number of hydrogen-bond acceptors (Lipinski definition) is 24. The summed E-state index contributed by atoms with van der Waals surface area (Å²) in [5.41, 5.74) is 0. The molecule has 0 radical (unpaired) electrons. The Balaban J connectivity index is 1.43. The van der Waals surface area contributed by atoms with Crippen LogP contribution in [0.4, 0.5) is 5.82 Å². The van der Waals surface area contributed by atoms with Crippen LogP contribution in [0.5, 0.6) is 0 Å². The Hall–Kier alpha value is -4.43. The van der Waals surface area contributed by atoms with E-state index < -0.39 is 191 Å². The molecule has 0 aliphatic carbocycles. The van der Waals surface area contributed by atoms with Gasteiger partial charge in [0, 0.05) is 43.6 Å². The number of amides is 1. The number of esters is 1. The third-order valence-electron chi connectivity index (χ3n) is 15.1. The zero-order valence-corrected chi connectivity index (χ0v) is 46.8. The van der Waals surface area contributed by atoms with Crippen molar-refractivity contribution >= 4 is 17.7 Å². The highest BCUT2D eigenvalue weighted by atomic mass is 16.7.